The Kier molecular flexibility index (Phi) is 5.27. The maximum atomic E-state index is 12.2. The van der Waals surface area contributed by atoms with Gasteiger partial charge in [0.15, 0.2) is 0 Å². The normalized spacial score (nSPS) is 18.4. The summed E-state index contributed by atoms with van der Waals surface area (Å²) in [6.07, 6.45) is 1.82. The van der Waals surface area contributed by atoms with E-state index in [0.29, 0.717) is 26.2 Å². The molecule has 0 aliphatic carbocycles. The van der Waals surface area contributed by atoms with E-state index in [1.165, 1.54) is 11.3 Å². The van der Waals surface area contributed by atoms with Crippen LogP contribution in [0.4, 0.5) is 0 Å². The van der Waals surface area contributed by atoms with Crippen LogP contribution in [-0.2, 0) is 22.7 Å². The van der Waals surface area contributed by atoms with Crippen LogP contribution in [0.5, 0.6) is 0 Å². The summed E-state index contributed by atoms with van der Waals surface area (Å²) in [7, 11) is 0. The lowest BCUT2D eigenvalue weighted by atomic mass is 10.1. The molecule has 2 aromatic rings. The highest BCUT2D eigenvalue weighted by Crippen LogP contribution is 2.16. The van der Waals surface area contributed by atoms with Crippen molar-refractivity contribution in [3.63, 3.8) is 0 Å². The van der Waals surface area contributed by atoms with E-state index in [4.69, 9.17) is 4.42 Å². The summed E-state index contributed by atoms with van der Waals surface area (Å²) in [6, 6.07) is 3.32. The van der Waals surface area contributed by atoms with E-state index in [1.807, 2.05) is 29.3 Å². The number of furan rings is 1. The summed E-state index contributed by atoms with van der Waals surface area (Å²) < 4.78 is 5.59. The molecule has 24 heavy (non-hydrogen) atoms. The number of nitrogens with one attached hydrogen (secondary N) is 2. The highest BCUT2D eigenvalue weighted by atomic mass is 32.1. The van der Waals surface area contributed by atoms with E-state index in [2.05, 4.69) is 15.6 Å². The number of hydrogen-bond acceptors (Lipinski definition) is 6. The molecule has 1 aliphatic heterocycles. The van der Waals surface area contributed by atoms with E-state index < -0.39 is 6.04 Å². The standard InChI is InChI=1S/C16H20N4O3S/c1-11-2-3-12(23-11)10-20-6-4-18-16(22)13(20)8-14(21)19-9-15-17-5-7-24-15/h2-3,5,7,13H,4,6,8-10H2,1H3,(H,18,22)(H,19,21)/t13-/m1/s1. The monoisotopic (exact) mass is 348 g/mol. The molecule has 7 nitrogen and oxygen atoms in total. The fraction of sp³-hybridized carbons (Fsp3) is 0.438. The molecule has 0 unspecified atom stereocenters. The fourth-order valence-electron chi connectivity index (χ4n) is 2.71. The van der Waals surface area contributed by atoms with Gasteiger partial charge in [-0.15, -0.1) is 11.3 Å². The zero-order valence-electron chi connectivity index (χ0n) is 13.4. The number of amides is 2. The average Bonchev–Trinajstić information content (AvgIpc) is 3.20. The Hall–Kier alpha value is -2.19. The van der Waals surface area contributed by atoms with E-state index in [1.54, 1.807) is 6.20 Å². The summed E-state index contributed by atoms with van der Waals surface area (Å²) in [5.41, 5.74) is 0. The summed E-state index contributed by atoms with van der Waals surface area (Å²) in [5, 5.41) is 8.36. The Balaban J connectivity index is 1.59. The first-order valence-electron chi connectivity index (χ1n) is 7.84. The number of rotatable bonds is 6. The molecule has 128 valence electrons. The van der Waals surface area contributed by atoms with Gasteiger partial charge >= 0.3 is 0 Å². The quantitative estimate of drug-likeness (QED) is 0.815. The topological polar surface area (TPSA) is 87.5 Å². The number of hydrogen-bond donors (Lipinski definition) is 2. The van der Waals surface area contributed by atoms with Gasteiger partial charge in [0.1, 0.15) is 16.5 Å². The van der Waals surface area contributed by atoms with E-state index >= 15 is 0 Å². The maximum Gasteiger partial charge on any atom is 0.237 e. The SMILES string of the molecule is Cc1ccc(CN2CCNC(=O)[C@H]2CC(=O)NCc2nccs2)o1. The molecule has 0 radical (unpaired) electrons. The van der Waals surface area contributed by atoms with Gasteiger partial charge in [-0.2, -0.15) is 0 Å². The molecule has 1 aliphatic rings. The zero-order chi connectivity index (χ0) is 16.9. The van der Waals surface area contributed by atoms with Gasteiger partial charge in [0.05, 0.1) is 25.6 Å². The second kappa shape index (κ2) is 7.59. The third-order valence-electron chi connectivity index (χ3n) is 3.90. The Morgan fingerprint density at radius 3 is 3.12 bits per heavy atom. The molecule has 0 aromatic carbocycles. The van der Waals surface area contributed by atoms with Gasteiger partial charge in [0, 0.05) is 24.7 Å². The number of nitrogens with zero attached hydrogens (tertiary/aromatic N) is 2. The van der Waals surface area contributed by atoms with Gasteiger partial charge in [-0.3, -0.25) is 14.5 Å². The minimum atomic E-state index is -0.486. The molecule has 1 saturated heterocycles. The summed E-state index contributed by atoms with van der Waals surface area (Å²) in [4.78, 5) is 30.5. The predicted molar refractivity (Wildman–Crippen MR) is 89.2 cm³/mol. The van der Waals surface area contributed by atoms with E-state index in [-0.39, 0.29) is 18.2 Å². The van der Waals surface area contributed by atoms with Crippen molar-refractivity contribution in [2.24, 2.45) is 0 Å². The summed E-state index contributed by atoms with van der Waals surface area (Å²) >= 11 is 1.49. The fourth-order valence-corrected chi connectivity index (χ4v) is 3.26. The largest absolute Gasteiger partial charge is 0.465 e. The lowest BCUT2D eigenvalue weighted by molar-refractivity contribution is -0.134. The van der Waals surface area contributed by atoms with Crippen molar-refractivity contribution < 1.29 is 14.0 Å². The van der Waals surface area contributed by atoms with Crippen molar-refractivity contribution in [1.82, 2.24) is 20.5 Å². The second-order valence-electron chi connectivity index (χ2n) is 5.70. The first-order valence-corrected chi connectivity index (χ1v) is 8.72. The van der Waals surface area contributed by atoms with Crippen LogP contribution in [0.2, 0.25) is 0 Å². The van der Waals surface area contributed by atoms with Crippen molar-refractivity contribution in [3.8, 4) is 0 Å². The lowest BCUT2D eigenvalue weighted by Crippen LogP contribution is -2.56. The molecule has 2 aromatic heterocycles. The Bertz CT molecular complexity index is 698. The number of piperazine rings is 1. The molecule has 1 atom stereocenters. The van der Waals surface area contributed by atoms with Gasteiger partial charge in [-0.25, -0.2) is 4.98 Å². The maximum absolute atomic E-state index is 12.2. The molecule has 2 N–H and O–H groups in total. The predicted octanol–water partition coefficient (Wildman–Crippen LogP) is 1.05. The molecule has 3 rings (SSSR count). The third kappa shape index (κ3) is 4.21. The Labute approximate surface area is 144 Å². The van der Waals surface area contributed by atoms with Crippen molar-refractivity contribution >= 4 is 23.2 Å². The van der Waals surface area contributed by atoms with Gasteiger partial charge in [0.25, 0.3) is 0 Å². The molecule has 0 spiro atoms. The molecule has 8 heteroatoms. The highest BCUT2D eigenvalue weighted by Gasteiger charge is 2.32. The molecule has 2 amide bonds. The number of carbonyl (C=O) groups is 2. The van der Waals surface area contributed by atoms with Crippen LogP contribution < -0.4 is 10.6 Å². The van der Waals surface area contributed by atoms with Gasteiger partial charge < -0.3 is 15.1 Å². The minimum absolute atomic E-state index is 0.117. The highest BCUT2D eigenvalue weighted by molar-refractivity contribution is 7.09. The molecule has 0 saturated carbocycles. The Morgan fingerprint density at radius 2 is 2.42 bits per heavy atom. The Morgan fingerprint density at radius 1 is 1.54 bits per heavy atom. The van der Waals surface area contributed by atoms with Crippen LogP contribution in [0.25, 0.3) is 0 Å². The number of carbonyl (C=O) groups excluding carboxylic acids is 2. The van der Waals surface area contributed by atoms with Crippen LogP contribution in [0.1, 0.15) is 22.9 Å². The smallest absolute Gasteiger partial charge is 0.237 e. The van der Waals surface area contributed by atoms with Crippen molar-refractivity contribution in [3.05, 3.63) is 40.2 Å². The van der Waals surface area contributed by atoms with Crippen LogP contribution >= 0.6 is 11.3 Å². The number of aromatic nitrogens is 1. The average molecular weight is 348 g/mol. The lowest BCUT2D eigenvalue weighted by Gasteiger charge is -2.34. The zero-order valence-corrected chi connectivity index (χ0v) is 14.3. The summed E-state index contributed by atoms with van der Waals surface area (Å²) in [6.45, 7) is 4.07. The third-order valence-corrected chi connectivity index (χ3v) is 4.68. The van der Waals surface area contributed by atoms with E-state index in [9.17, 15) is 9.59 Å². The van der Waals surface area contributed by atoms with Crippen molar-refractivity contribution in [1.29, 1.82) is 0 Å². The molecular weight excluding hydrogens is 328 g/mol. The van der Waals surface area contributed by atoms with Gasteiger partial charge in [-0.05, 0) is 19.1 Å². The molecule has 1 fully saturated rings. The van der Waals surface area contributed by atoms with Crippen molar-refractivity contribution in [2.45, 2.75) is 32.5 Å². The van der Waals surface area contributed by atoms with E-state index in [0.717, 1.165) is 16.5 Å². The molecule has 3 heterocycles. The van der Waals surface area contributed by atoms with Crippen molar-refractivity contribution in [2.75, 3.05) is 13.1 Å². The molecule has 0 bridgehead atoms. The second-order valence-corrected chi connectivity index (χ2v) is 6.68. The van der Waals surface area contributed by atoms with Gasteiger partial charge in [-0.1, -0.05) is 0 Å². The van der Waals surface area contributed by atoms with Crippen LogP contribution in [0.3, 0.4) is 0 Å². The van der Waals surface area contributed by atoms with Crippen LogP contribution in [-0.4, -0.2) is 40.8 Å². The summed E-state index contributed by atoms with van der Waals surface area (Å²) in [5.74, 6) is 1.36. The van der Waals surface area contributed by atoms with Gasteiger partial charge in [0.2, 0.25) is 11.8 Å². The van der Waals surface area contributed by atoms with Crippen LogP contribution in [0.15, 0.2) is 28.1 Å². The first-order chi connectivity index (χ1) is 11.6. The first kappa shape index (κ1) is 16.7. The number of aryl methyl sites for hydroxylation is 1. The van der Waals surface area contributed by atoms with Crippen LogP contribution in [0, 0.1) is 6.92 Å². The number of thiazole rings is 1. The minimum Gasteiger partial charge on any atom is -0.465 e. The molecular formula is C16H20N4O3S.